The summed E-state index contributed by atoms with van der Waals surface area (Å²) in [4.78, 5) is 8.26. The fourth-order valence-electron chi connectivity index (χ4n) is 3.04. The molecule has 0 radical (unpaired) electrons. The van der Waals surface area contributed by atoms with Crippen LogP contribution in [0.5, 0.6) is 0 Å². The van der Waals surface area contributed by atoms with Gasteiger partial charge in [-0.3, -0.25) is 4.98 Å². The maximum atomic E-state index is 6.03. The Kier molecular flexibility index (Phi) is 4.00. The standard InChI is InChI=1S/C17H15ClN4O2/c18-13-3-1-12(2-4-13)17(5-9-23-10-6-17)16-22-21-15(24-16)14-11-19-7-8-20-14/h1-4,7-8,11H,5-6,9-10H2. The number of benzene rings is 1. The normalized spacial score (nSPS) is 16.9. The average molecular weight is 343 g/mol. The maximum absolute atomic E-state index is 6.03. The molecule has 0 saturated carbocycles. The van der Waals surface area contributed by atoms with Crippen LogP contribution < -0.4 is 0 Å². The van der Waals surface area contributed by atoms with Crippen LogP contribution in [0.4, 0.5) is 0 Å². The highest BCUT2D eigenvalue weighted by molar-refractivity contribution is 6.30. The number of nitrogens with zero attached hydrogens (tertiary/aromatic N) is 4. The molecule has 3 heterocycles. The van der Waals surface area contributed by atoms with Crippen LogP contribution in [0.15, 0.2) is 47.3 Å². The predicted octanol–water partition coefficient (Wildman–Crippen LogP) is 3.28. The number of halogens is 1. The molecule has 6 nitrogen and oxygen atoms in total. The lowest BCUT2D eigenvalue weighted by atomic mass is 9.74. The third kappa shape index (κ3) is 2.68. The lowest BCUT2D eigenvalue weighted by Crippen LogP contribution is -2.35. The topological polar surface area (TPSA) is 73.9 Å². The number of hydrogen-bond acceptors (Lipinski definition) is 6. The fourth-order valence-corrected chi connectivity index (χ4v) is 3.17. The van der Waals surface area contributed by atoms with E-state index < -0.39 is 0 Å². The minimum atomic E-state index is -0.365. The molecule has 0 amide bonds. The first-order valence-electron chi connectivity index (χ1n) is 7.72. The van der Waals surface area contributed by atoms with Crippen LogP contribution in [-0.4, -0.2) is 33.4 Å². The van der Waals surface area contributed by atoms with Crippen LogP contribution in [-0.2, 0) is 10.2 Å². The summed E-state index contributed by atoms with van der Waals surface area (Å²) in [5.74, 6) is 0.951. The van der Waals surface area contributed by atoms with Gasteiger partial charge in [0.25, 0.3) is 5.89 Å². The van der Waals surface area contributed by atoms with E-state index in [-0.39, 0.29) is 5.41 Å². The van der Waals surface area contributed by atoms with Crippen LogP contribution in [0.3, 0.4) is 0 Å². The van der Waals surface area contributed by atoms with E-state index in [1.54, 1.807) is 18.6 Å². The molecule has 122 valence electrons. The Balaban J connectivity index is 1.77. The lowest BCUT2D eigenvalue weighted by Gasteiger charge is -2.34. The molecule has 2 aromatic heterocycles. The summed E-state index contributed by atoms with van der Waals surface area (Å²) < 4.78 is 11.5. The minimum Gasteiger partial charge on any atom is -0.418 e. The molecule has 0 N–H and O–H groups in total. The van der Waals surface area contributed by atoms with Crippen LogP contribution in [0.1, 0.15) is 24.3 Å². The first-order chi connectivity index (χ1) is 11.8. The van der Waals surface area contributed by atoms with Crippen molar-refractivity contribution in [1.82, 2.24) is 20.2 Å². The van der Waals surface area contributed by atoms with E-state index in [0.717, 1.165) is 18.4 Å². The van der Waals surface area contributed by atoms with Gasteiger partial charge in [-0.15, -0.1) is 10.2 Å². The molecule has 0 aliphatic carbocycles. The van der Waals surface area contributed by atoms with Gasteiger partial charge in [0.05, 0.1) is 11.6 Å². The summed E-state index contributed by atoms with van der Waals surface area (Å²) in [6, 6.07) is 7.79. The highest BCUT2D eigenvalue weighted by Gasteiger charge is 2.41. The van der Waals surface area contributed by atoms with E-state index in [1.807, 2.05) is 24.3 Å². The van der Waals surface area contributed by atoms with Crippen molar-refractivity contribution >= 4 is 11.6 Å². The highest BCUT2D eigenvalue weighted by atomic mass is 35.5. The Morgan fingerprint density at radius 1 is 1.00 bits per heavy atom. The lowest BCUT2D eigenvalue weighted by molar-refractivity contribution is 0.0546. The Bertz CT molecular complexity index is 814. The third-order valence-electron chi connectivity index (χ3n) is 4.36. The molecular weight excluding hydrogens is 328 g/mol. The first kappa shape index (κ1) is 15.2. The van der Waals surface area contributed by atoms with Gasteiger partial charge in [0.2, 0.25) is 5.89 Å². The zero-order valence-electron chi connectivity index (χ0n) is 12.9. The second-order valence-corrected chi connectivity index (χ2v) is 6.14. The van der Waals surface area contributed by atoms with Gasteiger partial charge in [-0.1, -0.05) is 23.7 Å². The van der Waals surface area contributed by atoms with Crippen LogP contribution in [0, 0.1) is 0 Å². The van der Waals surface area contributed by atoms with E-state index in [4.69, 9.17) is 20.8 Å². The van der Waals surface area contributed by atoms with Crippen LogP contribution in [0.2, 0.25) is 5.02 Å². The van der Waals surface area contributed by atoms with Crippen molar-refractivity contribution in [2.24, 2.45) is 0 Å². The smallest absolute Gasteiger partial charge is 0.267 e. The van der Waals surface area contributed by atoms with Crippen molar-refractivity contribution in [1.29, 1.82) is 0 Å². The Morgan fingerprint density at radius 2 is 1.79 bits per heavy atom. The van der Waals surface area contributed by atoms with Crippen LogP contribution in [0.25, 0.3) is 11.6 Å². The maximum Gasteiger partial charge on any atom is 0.267 e. The largest absolute Gasteiger partial charge is 0.418 e. The van der Waals surface area contributed by atoms with Gasteiger partial charge in [-0.25, -0.2) is 4.98 Å². The molecule has 7 heteroatoms. The molecule has 1 fully saturated rings. The molecule has 24 heavy (non-hydrogen) atoms. The van der Waals surface area contributed by atoms with Gasteiger partial charge in [-0.05, 0) is 30.5 Å². The second-order valence-electron chi connectivity index (χ2n) is 5.70. The quantitative estimate of drug-likeness (QED) is 0.727. The molecule has 4 rings (SSSR count). The zero-order chi connectivity index (χ0) is 16.4. The summed E-state index contributed by atoms with van der Waals surface area (Å²) in [5.41, 5.74) is 1.30. The molecule has 0 spiro atoms. The van der Waals surface area contributed by atoms with Crippen LogP contribution >= 0.6 is 11.6 Å². The van der Waals surface area contributed by atoms with Crippen molar-refractivity contribution in [3.8, 4) is 11.6 Å². The van der Waals surface area contributed by atoms with Gasteiger partial charge in [0.1, 0.15) is 5.69 Å². The second kappa shape index (κ2) is 6.30. The van der Waals surface area contributed by atoms with Crippen molar-refractivity contribution in [2.45, 2.75) is 18.3 Å². The zero-order valence-corrected chi connectivity index (χ0v) is 13.6. The average Bonchev–Trinajstić information content (AvgIpc) is 3.14. The predicted molar refractivity (Wildman–Crippen MR) is 87.6 cm³/mol. The third-order valence-corrected chi connectivity index (χ3v) is 4.61. The Hall–Kier alpha value is -2.31. The summed E-state index contributed by atoms with van der Waals surface area (Å²) in [6.45, 7) is 1.29. The molecule has 0 atom stereocenters. The number of aromatic nitrogens is 4. The highest BCUT2D eigenvalue weighted by Crippen LogP contribution is 2.41. The molecule has 0 bridgehead atoms. The van der Waals surface area contributed by atoms with E-state index in [9.17, 15) is 0 Å². The summed E-state index contributed by atoms with van der Waals surface area (Å²) in [6.07, 6.45) is 6.36. The summed E-state index contributed by atoms with van der Waals surface area (Å²) in [5, 5.41) is 9.18. The van der Waals surface area contributed by atoms with E-state index in [0.29, 0.717) is 35.7 Å². The van der Waals surface area contributed by atoms with Crippen molar-refractivity contribution in [3.63, 3.8) is 0 Å². The molecule has 1 saturated heterocycles. The Morgan fingerprint density at radius 3 is 2.50 bits per heavy atom. The SMILES string of the molecule is Clc1ccc(C2(c3nnc(-c4cnccn4)o3)CCOCC2)cc1. The molecule has 0 unspecified atom stereocenters. The molecule has 1 aromatic carbocycles. The van der Waals surface area contributed by atoms with Gasteiger partial charge in [0.15, 0.2) is 0 Å². The van der Waals surface area contributed by atoms with Gasteiger partial charge < -0.3 is 9.15 Å². The van der Waals surface area contributed by atoms with Crippen molar-refractivity contribution in [2.75, 3.05) is 13.2 Å². The molecule has 3 aromatic rings. The monoisotopic (exact) mass is 342 g/mol. The Labute approximate surface area is 143 Å². The fraction of sp³-hybridized carbons (Fsp3) is 0.294. The molecular formula is C17H15ClN4O2. The number of hydrogen-bond donors (Lipinski definition) is 0. The molecule has 1 aliphatic rings. The minimum absolute atomic E-state index is 0.365. The molecule has 1 aliphatic heterocycles. The van der Waals surface area contributed by atoms with E-state index in [1.165, 1.54) is 0 Å². The number of rotatable bonds is 3. The first-order valence-corrected chi connectivity index (χ1v) is 8.10. The van der Waals surface area contributed by atoms with Crippen molar-refractivity contribution in [3.05, 3.63) is 59.3 Å². The van der Waals surface area contributed by atoms with E-state index >= 15 is 0 Å². The van der Waals surface area contributed by atoms with Gasteiger partial charge >= 0.3 is 0 Å². The van der Waals surface area contributed by atoms with E-state index in [2.05, 4.69) is 20.2 Å². The van der Waals surface area contributed by atoms with Gasteiger partial charge in [-0.2, -0.15) is 0 Å². The van der Waals surface area contributed by atoms with Crippen molar-refractivity contribution < 1.29 is 9.15 Å². The van der Waals surface area contributed by atoms with Gasteiger partial charge in [0, 0.05) is 30.6 Å². The summed E-state index contributed by atoms with van der Waals surface area (Å²) >= 11 is 6.03. The number of ether oxygens (including phenoxy) is 1. The summed E-state index contributed by atoms with van der Waals surface area (Å²) in [7, 11) is 0.